The summed E-state index contributed by atoms with van der Waals surface area (Å²) in [6, 6.07) is 5.45. The molecule has 38 heavy (non-hydrogen) atoms. The van der Waals surface area contributed by atoms with E-state index >= 15 is 0 Å². The highest BCUT2D eigenvalue weighted by Crippen LogP contribution is 2.31. The second-order valence-corrected chi connectivity index (χ2v) is 10.1. The van der Waals surface area contributed by atoms with Crippen molar-refractivity contribution in [3.63, 3.8) is 0 Å². The van der Waals surface area contributed by atoms with Gasteiger partial charge in [-0.3, -0.25) is 15.6 Å². The van der Waals surface area contributed by atoms with Crippen LogP contribution in [0.15, 0.2) is 53.6 Å². The van der Waals surface area contributed by atoms with Gasteiger partial charge in [0.25, 0.3) is 0 Å². The molecule has 1 heterocycles. The average molecular weight is 521 g/mol. The van der Waals surface area contributed by atoms with Crippen molar-refractivity contribution in [1.82, 2.24) is 25.0 Å². The molecule has 1 unspecified atom stereocenters. The van der Waals surface area contributed by atoms with Gasteiger partial charge in [-0.1, -0.05) is 12.5 Å². The number of anilines is 1. The molecular weight excluding hydrogens is 476 g/mol. The van der Waals surface area contributed by atoms with E-state index in [9.17, 15) is 4.79 Å². The number of aromatic nitrogens is 1. The van der Waals surface area contributed by atoms with Crippen LogP contribution in [0.2, 0.25) is 0 Å². The predicted molar refractivity (Wildman–Crippen MR) is 155 cm³/mol. The fraction of sp³-hybridized carbons (Fsp3) is 0.517. The van der Waals surface area contributed by atoms with E-state index < -0.39 is 5.92 Å². The van der Waals surface area contributed by atoms with E-state index in [2.05, 4.69) is 46.4 Å². The van der Waals surface area contributed by atoms with E-state index in [4.69, 9.17) is 10.8 Å². The first-order chi connectivity index (χ1) is 18.3. The minimum Gasteiger partial charge on any atom is -0.394 e. The van der Waals surface area contributed by atoms with Crippen molar-refractivity contribution in [2.45, 2.75) is 64.8 Å². The van der Waals surface area contributed by atoms with E-state index in [1.807, 2.05) is 32.3 Å². The number of rotatable bonds is 12. The maximum absolute atomic E-state index is 13.3. The molecule has 2 aliphatic rings. The third-order valence-electron chi connectivity index (χ3n) is 6.99. The number of likely N-dealkylation sites (N-methyl/N-ethyl adjacent to an activating group) is 1. The standard InChI is InChI=1S/C29H44N8O/c1-6-36(26-13-9-7-8-12-25(26)35(4)5)23(17-18-32-3)19-21(2)29(38)34-27-14-10-11-24(33-27)28(31)37(20-30)22-15-16-22/h10-11,14,17-22,30-32H,6-9,12-13,15-16H2,1-5H3,(H,33,34,38)/b18-17-,23-19+,30-20?,31-28?. The van der Waals surface area contributed by atoms with Gasteiger partial charge in [0.1, 0.15) is 11.5 Å². The summed E-state index contributed by atoms with van der Waals surface area (Å²) in [5, 5.41) is 22.1. The third-order valence-corrected chi connectivity index (χ3v) is 6.99. The Labute approximate surface area is 227 Å². The molecule has 1 aromatic heterocycles. The SMILES string of the molecule is CCN(C1=C(N(C)C)CCCCC1)C(/C=C\NC)=C/C(C)C(=O)Nc1cccc(C(=N)N(C=N)C2CC2)n1. The number of amidine groups is 1. The highest BCUT2D eigenvalue weighted by molar-refractivity contribution is 6.01. The molecule has 1 saturated carbocycles. The first-order valence-corrected chi connectivity index (χ1v) is 13.7. The highest BCUT2D eigenvalue weighted by Gasteiger charge is 2.30. The van der Waals surface area contributed by atoms with Crippen molar-refractivity contribution in [2.24, 2.45) is 5.92 Å². The molecule has 4 N–H and O–H groups in total. The van der Waals surface area contributed by atoms with Gasteiger partial charge in [0.15, 0.2) is 5.84 Å². The Kier molecular flexibility index (Phi) is 10.5. The minimum atomic E-state index is -0.413. The Bertz CT molecular complexity index is 1090. The van der Waals surface area contributed by atoms with Crippen molar-refractivity contribution >= 4 is 23.9 Å². The number of carbonyl (C=O) groups is 1. The Hall–Kier alpha value is -3.62. The molecule has 1 fully saturated rings. The molecule has 0 aromatic carbocycles. The van der Waals surface area contributed by atoms with Crippen LogP contribution in [-0.4, -0.2) is 71.5 Å². The lowest BCUT2D eigenvalue weighted by molar-refractivity contribution is -0.118. The lowest BCUT2D eigenvalue weighted by atomic mass is 10.1. The number of nitrogens with zero attached hydrogens (tertiary/aromatic N) is 4. The van der Waals surface area contributed by atoms with Crippen LogP contribution in [0, 0.1) is 16.7 Å². The summed E-state index contributed by atoms with van der Waals surface area (Å²) in [7, 11) is 6.10. The van der Waals surface area contributed by atoms with Crippen LogP contribution in [0.5, 0.6) is 0 Å². The van der Waals surface area contributed by atoms with Crippen LogP contribution in [-0.2, 0) is 4.79 Å². The number of allylic oxidation sites excluding steroid dienone is 3. The number of nitrogens with one attached hydrogen (secondary N) is 4. The molecule has 9 nitrogen and oxygen atoms in total. The van der Waals surface area contributed by atoms with Gasteiger partial charge in [-0.05, 0) is 82.9 Å². The van der Waals surface area contributed by atoms with Gasteiger partial charge < -0.3 is 25.3 Å². The first kappa shape index (κ1) is 28.9. The smallest absolute Gasteiger partial charge is 0.232 e. The van der Waals surface area contributed by atoms with Crippen LogP contribution in [0.3, 0.4) is 0 Å². The topological polar surface area (TPSA) is 111 Å². The summed E-state index contributed by atoms with van der Waals surface area (Å²) in [6.07, 6.45) is 14.7. The fourth-order valence-corrected chi connectivity index (χ4v) is 4.80. The summed E-state index contributed by atoms with van der Waals surface area (Å²) >= 11 is 0. The molecule has 1 amide bonds. The molecule has 1 aromatic rings. The summed E-state index contributed by atoms with van der Waals surface area (Å²) in [5.74, 6) is 0.00260. The second-order valence-electron chi connectivity index (χ2n) is 10.1. The largest absolute Gasteiger partial charge is 0.394 e. The lowest BCUT2D eigenvalue weighted by Gasteiger charge is -2.32. The summed E-state index contributed by atoms with van der Waals surface area (Å²) in [4.78, 5) is 23.9. The quantitative estimate of drug-likeness (QED) is 0.180. The van der Waals surface area contributed by atoms with Crippen LogP contribution in [0.25, 0.3) is 0 Å². The normalized spacial score (nSPS) is 17.0. The first-order valence-electron chi connectivity index (χ1n) is 13.7. The van der Waals surface area contributed by atoms with Crippen molar-refractivity contribution < 1.29 is 4.79 Å². The van der Waals surface area contributed by atoms with E-state index in [0.717, 1.165) is 44.3 Å². The van der Waals surface area contributed by atoms with Crippen LogP contribution in [0.4, 0.5) is 5.82 Å². The summed E-state index contributed by atoms with van der Waals surface area (Å²) < 4.78 is 0. The Morgan fingerprint density at radius 3 is 2.50 bits per heavy atom. The molecule has 206 valence electrons. The van der Waals surface area contributed by atoms with E-state index in [1.165, 1.54) is 30.6 Å². The van der Waals surface area contributed by atoms with Gasteiger partial charge >= 0.3 is 0 Å². The maximum Gasteiger partial charge on any atom is 0.232 e. The molecule has 0 aliphatic heterocycles. The van der Waals surface area contributed by atoms with E-state index in [0.29, 0.717) is 11.5 Å². The zero-order chi connectivity index (χ0) is 27.7. The highest BCUT2D eigenvalue weighted by atomic mass is 16.1. The van der Waals surface area contributed by atoms with Gasteiger partial charge in [0, 0.05) is 50.8 Å². The number of hydrogen-bond acceptors (Lipinski definition) is 7. The average Bonchev–Trinajstić information content (AvgIpc) is 3.76. The molecule has 0 bridgehead atoms. The fourth-order valence-electron chi connectivity index (χ4n) is 4.80. The van der Waals surface area contributed by atoms with Crippen molar-refractivity contribution in [3.05, 3.63) is 59.3 Å². The van der Waals surface area contributed by atoms with Crippen LogP contribution >= 0.6 is 0 Å². The van der Waals surface area contributed by atoms with Gasteiger partial charge in [-0.25, -0.2) is 4.98 Å². The van der Waals surface area contributed by atoms with Crippen LogP contribution < -0.4 is 10.6 Å². The van der Waals surface area contributed by atoms with E-state index in [-0.39, 0.29) is 17.8 Å². The van der Waals surface area contributed by atoms with Crippen molar-refractivity contribution in [3.8, 4) is 0 Å². The zero-order valence-electron chi connectivity index (χ0n) is 23.6. The van der Waals surface area contributed by atoms with Gasteiger partial charge in [-0.15, -0.1) is 0 Å². The van der Waals surface area contributed by atoms with E-state index in [1.54, 1.807) is 23.1 Å². The molecule has 1 atom stereocenters. The molecular formula is C29H44N8O. The second kappa shape index (κ2) is 13.8. The molecule has 3 rings (SSSR count). The van der Waals surface area contributed by atoms with Crippen molar-refractivity contribution in [1.29, 1.82) is 10.8 Å². The number of carbonyl (C=O) groups excluding carboxylic acids is 1. The summed E-state index contributed by atoms with van der Waals surface area (Å²) in [6.45, 7) is 4.85. The zero-order valence-corrected chi connectivity index (χ0v) is 23.6. The minimum absolute atomic E-state index is 0.165. The predicted octanol–water partition coefficient (Wildman–Crippen LogP) is 4.73. The summed E-state index contributed by atoms with van der Waals surface area (Å²) in [5.41, 5.74) is 4.11. The Morgan fingerprint density at radius 2 is 1.89 bits per heavy atom. The lowest BCUT2D eigenvalue weighted by Crippen LogP contribution is -2.32. The number of pyridine rings is 1. The van der Waals surface area contributed by atoms with Gasteiger partial charge in [0.2, 0.25) is 5.91 Å². The molecule has 0 spiro atoms. The third kappa shape index (κ3) is 7.46. The monoisotopic (exact) mass is 520 g/mol. The van der Waals surface area contributed by atoms with Gasteiger partial charge in [0.05, 0.1) is 12.3 Å². The Morgan fingerprint density at radius 1 is 1.18 bits per heavy atom. The molecule has 0 radical (unpaired) electrons. The molecule has 9 heteroatoms. The number of hydrogen-bond donors (Lipinski definition) is 4. The molecule has 0 saturated heterocycles. The van der Waals surface area contributed by atoms with Crippen LogP contribution in [0.1, 0.15) is 64.5 Å². The Balaban J connectivity index is 1.83. The maximum atomic E-state index is 13.3. The van der Waals surface area contributed by atoms with Gasteiger partial charge in [-0.2, -0.15) is 0 Å². The number of amides is 1. The van der Waals surface area contributed by atoms with Crippen molar-refractivity contribution in [2.75, 3.05) is 33.0 Å². The molecule has 2 aliphatic carbocycles.